The van der Waals surface area contributed by atoms with Crippen molar-refractivity contribution in [3.8, 4) is 0 Å². The standard InChI is InChI=1S/C20H25N3O2/c1-13(24)23-19(2,25-18(22-23)17-3-5-21-6-4-17)20-10-14-7-15(11-20)9-16(8-14)12-20/h3-6,14-16H,7-12H2,1-2H3/t14?,15?,16?,19-,20?/m1/s1. The smallest absolute Gasteiger partial charge is 0.243 e. The Morgan fingerprint density at radius 2 is 1.68 bits per heavy atom. The van der Waals surface area contributed by atoms with E-state index in [1.54, 1.807) is 24.3 Å². The summed E-state index contributed by atoms with van der Waals surface area (Å²) < 4.78 is 6.52. The largest absolute Gasteiger partial charge is 0.447 e. The van der Waals surface area contributed by atoms with E-state index in [-0.39, 0.29) is 11.3 Å². The third-order valence-corrected chi connectivity index (χ3v) is 7.14. The molecule has 132 valence electrons. The Bertz CT molecular complexity index is 709. The molecule has 6 rings (SSSR count). The van der Waals surface area contributed by atoms with E-state index >= 15 is 0 Å². The molecular weight excluding hydrogens is 314 g/mol. The van der Waals surface area contributed by atoms with E-state index in [1.807, 2.05) is 12.1 Å². The third-order valence-electron chi connectivity index (χ3n) is 7.14. The molecule has 1 amide bonds. The quantitative estimate of drug-likeness (QED) is 0.828. The lowest BCUT2D eigenvalue weighted by Gasteiger charge is -2.61. The van der Waals surface area contributed by atoms with Gasteiger partial charge >= 0.3 is 0 Å². The molecule has 0 radical (unpaired) electrons. The third kappa shape index (κ3) is 2.10. The molecule has 1 aromatic rings. The van der Waals surface area contributed by atoms with Crippen LogP contribution < -0.4 is 0 Å². The van der Waals surface area contributed by atoms with Crippen molar-refractivity contribution in [1.82, 2.24) is 9.99 Å². The van der Waals surface area contributed by atoms with Gasteiger partial charge in [0, 0.05) is 30.3 Å². The van der Waals surface area contributed by atoms with Crippen LogP contribution in [0.4, 0.5) is 0 Å². The fourth-order valence-electron chi connectivity index (χ4n) is 6.43. The Morgan fingerprint density at radius 3 is 2.20 bits per heavy atom. The van der Waals surface area contributed by atoms with Crippen molar-refractivity contribution in [2.24, 2.45) is 28.3 Å². The summed E-state index contributed by atoms with van der Waals surface area (Å²) in [6, 6.07) is 3.78. The highest BCUT2D eigenvalue weighted by molar-refractivity contribution is 5.96. The van der Waals surface area contributed by atoms with Crippen LogP contribution in [0.5, 0.6) is 0 Å². The van der Waals surface area contributed by atoms with E-state index in [2.05, 4.69) is 17.0 Å². The van der Waals surface area contributed by atoms with Crippen molar-refractivity contribution in [2.75, 3.05) is 0 Å². The van der Waals surface area contributed by atoms with E-state index in [4.69, 9.17) is 4.74 Å². The van der Waals surface area contributed by atoms with Gasteiger partial charge in [-0.2, -0.15) is 5.01 Å². The van der Waals surface area contributed by atoms with Crippen molar-refractivity contribution >= 4 is 11.8 Å². The van der Waals surface area contributed by atoms with Crippen LogP contribution in [0.15, 0.2) is 29.6 Å². The summed E-state index contributed by atoms with van der Waals surface area (Å²) in [6.45, 7) is 3.69. The minimum atomic E-state index is -0.673. The first-order chi connectivity index (χ1) is 12.0. The Morgan fingerprint density at radius 1 is 1.12 bits per heavy atom. The SMILES string of the molecule is CC(=O)N1N=C(c2ccncc2)O[C@]1(C)C12CC3CC(CC(C3)C1)C2. The minimum Gasteiger partial charge on any atom is -0.447 e. The Labute approximate surface area is 148 Å². The molecule has 5 heteroatoms. The average molecular weight is 339 g/mol. The maximum atomic E-state index is 12.5. The van der Waals surface area contributed by atoms with Crippen LogP contribution in [0.2, 0.25) is 0 Å². The molecule has 0 aromatic carbocycles. The van der Waals surface area contributed by atoms with Crippen molar-refractivity contribution in [3.63, 3.8) is 0 Å². The Kier molecular flexibility index (Phi) is 3.10. The van der Waals surface area contributed by atoms with Crippen molar-refractivity contribution < 1.29 is 9.53 Å². The predicted octanol–water partition coefficient (Wildman–Crippen LogP) is 3.55. The zero-order valence-corrected chi connectivity index (χ0v) is 14.9. The molecule has 1 aliphatic heterocycles. The average Bonchev–Trinajstić information content (AvgIpc) is 2.94. The van der Waals surface area contributed by atoms with Gasteiger partial charge in [-0.15, -0.1) is 5.10 Å². The zero-order valence-electron chi connectivity index (χ0n) is 14.9. The van der Waals surface area contributed by atoms with Gasteiger partial charge in [0.2, 0.25) is 17.5 Å². The lowest BCUT2D eigenvalue weighted by molar-refractivity contribution is -0.216. The number of hydrogen-bond donors (Lipinski definition) is 0. The molecule has 4 fully saturated rings. The topological polar surface area (TPSA) is 54.8 Å². The number of carbonyl (C=O) groups excluding carboxylic acids is 1. The molecule has 4 bridgehead atoms. The number of hydrogen-bond acceptors (Lipinski definition) is 4. The number of rotatable bonds is 2. The first-order valence-corrected chi connectivity index (χ1v) is 9.48. The van der Waals surface area contributed by atoms with Crippen LogP contribution >= 0.6 is 0 Å². The summed E-state index contributed by atoms with van der Waals surface area (Å²) in [5.74, 6) is 2.90. The van der Waals surface area contributed by atoms with E-state index in [1.165, 1.54) is 38.5 Å². The molecule has 2 heterocycles. The van der Waals surface area contributed by atoms with Crippen LogP contribution in [0.1, 0.15) is 57.9 Å². The number of ether oxygens (including phenoxy) is 1. The van der Waals surface area contributed by atoms with Crippen molar-refractivity contribution in [3.05, 3.63) is 30.1 Å². The molecule has 4 aliphatic carbocycles. The molecule has 5 aliphatic rings. The van der Waals surface area contributed by atoms with E-state index < -0.39 is 5.72 Å². The molecule has 1 atom stereocenters. The molecule has 4 saturated carbocycles. The lowest BCUT2D eigenvalue weighted by Crippen LogP contribution is -2.63. The fraction of sp³-hybridized carbons (Fsp3) is 0.650. The zero-order chi connectivity index (χ0) is 17.2. The van der Waals surface area contributed by atoms with E-state index in [0.29, 0.717) is 5.90 Å². The lowest BCUT2D eigenvalue weighted by atomic mass is 9.47. The van der Waals surface area contributed by atoms with Gasteiger partial charge in [-0.25, -0.2) is 0 Å². The van der Waals surface area contributed by atoms with Crippen LogP contribution in [-0.4, -0.2) is 27.5 Å². The fourth-order valence-corrected chi connectivity index (χ4v) is 6.43. The monoisotopic (exact) mass is 339 g/mol. The van der Waals surface area contributed by atoms with E-state index in [9.17, 15) is 4.79 Å². The number of pyridine rings is 1. The highest BCUT2D eigenvalue weighted by atomic mass is 16.6. The maximum Gasteiger partial charge on any atom is 0.243 e. The van der Waals surface area contributed by atoms with Crippen molar-refractivity contribution in [2.45, 2.75) is 58.1 Å². The van der Waals surface area contributed by atoms with Gasteiger partial charge in [-0.1, -0.05) is 0 Å². The summed E-state index contributed by atoms with van der Waals surface area (Å²) in [6.07, 6.45) is 11.1. The normalized spacial score (nSPS) is 41.6. The molecule has 5 nitrogen and oxygen atoms in total. The second-order valence-electron chi connectivity index (χ2n) is 8.75. The molecule has 0 spiro atoms. The van der Waals surface area contributed by atoms with Gasteiger partial charge in [0.25, 0.3) is 0 Å². The first-order valence-electron chi connectivity index (χ1n) is 9.48. The molecule has 1 aromatic heterocycles. The van der Waals surface area contributed by atoms with Crippen LogP contribution in [0.3, 0.4) is 0 Å². The van der Waals surface area contributed by atoms with Gasteiger partial charge in [0.05, 0.1) is 0 Å². The van der Waals surface area contributed by atoms with Gasteiger partial charge < -0.3 is 4.74 Å². The highest BCUT2D eigenvalue weighted by Crippen LogP contribution is 2.65. The van der Waals surface area contributed by atoms with Crippen LogP contribution in [-0.2, 0) is 9.53 Å². The summed E-state index contributed by atoms with van der Waals surface area (Å²) in [4.78, 5) is 16.5. The number of carbonyl (C=O) groups is 1. The van der Waals surface area contributed by atoms with Gasteiger partial charge in [0.1, 0.15) is 0 Å². The second kappa shape index (κ2) is 5.05. The highest BCUT2D eigenvalue weighted by Gasteiger charge is 2.65. The number of aromatic nitrogens is 1. The minimum absolute atomic E-state index is 0.0334. The molecule has 25 heavy (non-hydrogen) atoms. The first kappa shape index (κ1) is 15.4. The van der Waals surface area contributed by atoms with Gasteiger partial charge in [0.15, 0.2) is 0 Å². The molecule has 0 N–H and O–H groups in total. The summed E-state index contributed by atoms with van der Waals surface area (Å²) in [5.41, 5.74) is 0.244. The summed E-state index contributed by atoms with van der Waals surface area (Å²) in [7, 11) is 0. The number of hydrazone groups is 1. The molecule has 0 unspecified atom stereocenters. The summed E-state index contributed by atoms with van der Waals surface area (Å²) in [5, 5.41) is 6.25. The van der Waals surface area contributed by atoms with Gasteiger partial charge in [-0.3, -0.25) is 9.78 Å². The summed E-state index contributed by atoms with van der Waals surface area (Å²) >= 11 is 0. The Balaban J connectivity index is 1.55. The number of amides is 1. The van der Waals surface area contributed by atoms with Crippen molar-refractivity contribution in [1.29, 1.82) is 0 Å². The molecule has 0 saturated heterocycles. The predicted molar refractivity (Wildman–Crippen MR) is 93.4 cm³/mol. The second-order valence-corrected chi connectivity index (χ2v) is 8.75. The van der Waals surface area contributed by atoms with Gasteiger partial charge in [-0.05, 0) is 75.3 Å². The van der Waals surface area contributed by atoms with Crippen LogP contribution in [0, 0.1) is 23.2 Å². The van der Waals surface area contributed by atoms with E-state index in [0.717, 1.165) is 23.3 Å². The Hall–Kier alpha value is -1.91. The number of nitrogens with zero attached hydrogens (tertiary/aromatic N) is 3. The van der Waals surface area contributed by atoms with Crippen LogP contribution in [0.25, 0.3) is 0 Å². The maximum absolute atomic E-state index is 12.5. The molecular formula is C20H25N3O2.